The number of nitrogens with one attached hydrogen (secondary N) is 1. The summed E-state index contributed by atoms with van der Waals surface area (Å²) in [6.07, 6.45) is -10.1. The highest BCUT2D eigenvalue weighted by molar-refractivity contribution is 5.97. The fourth-order valence-corrected chi connectivity index (χ4v) is 4.74. The van der Waals surface area contributed by atoms with Crippen LogP contribution in [0.4, 0.5) is 32.0 Å². The first-order valence-electron chi connectivity index (χ1n) is 10.6. The van der Waals surface area contributed by atoms with E-state index in [0.717, 1.165) is 5.69 Å². The van der Waals surface area contributed by atoms with E-state index in [1.807, 2.05) is 42.2 Å². The van der Waals surface area contributed by atoms with Gasteiger partial charge in [-0.25, -0.2) is 0 Å². The molecular formula is C23H21F6N3O2. The summed E-state index contributed by atoms with van der Waals surface area (Å²) in [5.74, 6) is -1.17. The molecule has 0 aliphatic carbocycles. The van der Waals surface area contributed by atoms with Crippen LogP contribution >= 0.6 is 0 Å². The lowest BCUT2D eigenvalue weighted by Gasteiger charge is -2.44. The Bertz CT molecular complexity index is 1060. The van der Waals surface area contributed by atoms with E-state index in [2.05, 4.69) is 5.32 Å². The van der Waals surface area contributed by atoms with Gasteiger partial charge >= 0.3 is 12.4 Å². The lowest BCUT2D eigenvalue weighted by Crippen LogP contribution is -2.58. The molecule has 1 spiro atoms. The van der Waals surface area contributed by atoms with Gasteiger partial charge in [0.1, 0.15) is 5.54 Å². The highest BCUT2D eigenvalue weighted by atomic mass is 19.4. The summed E-state index contributed by atoms with van der Waals surface area (Å²) in [4.78, 5) is 28.9. The number of para-hydroxylation sites is 1. The van der Waals surface area contributed by atoms with Crippen LogP contribution in [-0.2, 0) is 17.1 Å². The SMILES string of the molecule is CC1NC(=O)C2(CCN(C(=O)c3cc(C(F)(F)F)cc(C(F)(F)F)c3)CC2)N1c1ccccc1. The molecule has 2 fully saturated rings. The fourth-order valence-electron chi connectivity index (χ4n) is 4.74. The number of alkyl halides is 6. The number of benzene rings is 2. The number of hydrogen-bond donors (Lipinski definition) is 1. The standard InChI is InChI=1S/C23H21F6N3O2/c1-14-30-20(34)21(32(14)18-5-3-2-4-6-18)7-9-31(10-8-21)19(33)15-11-16(22(24,25)26)13-17(12-15)23(27,28)29/h2-6,11-14H,7-10H2,1H3,(H,30,34). The van der Waals surface area contributed by atoms with Gasteiger partial charge in [-0.15, -0.1) is 0 Å². The third-order valence-electron chi connectivity index (χ3n) is 6.36. The molecule has 0 aromatic heterocycles. The van der Waals surface area contributed by atoms with Crippen LogP contribution in [0.3, 0.4) is 0 Å². The minimum atomic E-state index is -5.05. The molecule has 182 valence electrons. The molecule has 2 aliphatic heterocycles. The number of amides is 2. The van der Waals surface area contributed by atoms with Crippen LogP contribution in [0.2, 0.25) is 0 Å². The second-order valence-corrected chi connectivity index (χ2v) is 8.47. The number of rotatable bonds is 2. The van der Waals surface area contributed by atoms with E-state index in [-0.39, 0.29) is 44.1 Å². The number of piperidine rings is 1. The second-order valence-electron chi connectivity index (χ2n) is 8.47. The van der Waals surface area contributed by atoms with E-state index in [1.54, 1.807) is 0 Å². The molecule has 0 saturated carbocycles. The van der Waals surface area contributed by atoms with Crippen molar-refractivity contribution in [3.63, 3.8) is 0 Å². The van der Waals surface area contributed by atoms with E-state index >= 15 is 0 Å². The third kappa shape index (κ3) is 4.19. The first-order chi connectivity index (χ1) is 15.8. The first-order valence-corrected chi connectivity index (χ1v) is 10.6. The number of halogens is 6. The van der Waals surface area contributed by atoms with Gasteiger partial charge in [-0.1, -0.05) is 18.2 Å². The Kier molecular flexibility index (Phi) is 5.77. The zero-order valence-corrected chi connectivity index (χ0v) is 18.0. The van der Waals surface area contributed by atoms with E-state index in [1.165, 1.54) is 4.90 Å². The summed E-state index contributed by atoms with van der Waals surface area (Å²) in [6, 6.07) is 10.0. The predicted octanol–water partition coefficient (Wildman–Crippen LogP) is 4.68. The summed E-state index contributed by atoms with van der Waals surface area (Å²) in [6.45, 7) is 1.82. The van der Waals surface area contributed by atoms with Crippen LogP contribution < -0.4 is 10.2 Å². The Labute approximate surface area is 191 Å². The van der Waals surface area contributed by atoms with Crippen LogP contribution in [0.5, 0.6) is 0 Å². The van der Waals surface area contributed by atoms with Crippen molar-refractivity contribution in [1.29, 1.82) is 0 Å². The molecule has 1 N–H and O–H groups in total. The van der Waals surface area contributed by atoms with Crippen molar-refractivity contribution in [2.45, 2.75) is 43.8 Å². The number of nitrogens with zero attached hydrogens (tertiary/aromatic N) is 2. The van der Waals surface area contributed by atoms with E-state index in [4.69, 9.17) is 0 Å². The van der Waals surface area contributed by atoms with Crippen molar-refractivity contribution in [3.05, 3.63) is 65.2 Å². The largest absolute Gasteiger partial charge is 0.416 e. The second kappa shape index (κ2) is 8.21. The summed E-state index contributed by atoms with van der Waals surface area (Å²) >= 11 is 0. The van der Waals surface area contributed by atoms with Crippen molar-refractivity contribution < 1.29 is 35.9 Å². The molecule has 1 atom stereocenters. The van der Waals surface area contributed by atoms with E-state index in [9.17, 15) is 35.9 Å². The lowest BCUT2D eigenvalue weighted by molar-refractivity contribution is -0.143. The van der Waals surface area contributed by atoms with Crippen molar-refractivity contribution >= 4 is 17.5 Å². The van der Waals surface area contributed by atoms with Crippen molar-refractivity contribution in [2.24, 2.45) is 0 Å². The Morgan fingerprint density at radius 2 is 1.47 bits per heavy atom. The molecule has 2 amide bonds. The van der Waals surface area contributed by atoms with Gasteiger partial charge in [-0.3, -0.25) is 9.59 Å². The first kappa shape index (κ1) is 23.9. The average molecular weight is 485 g/mol. The van der Waals surface area contributed by atoms with Gasteiger partial charge < -0.3 is 15.1 Å². The summed E-state index contributed by atoms with van der Waals surface area (Å²) < 4.78 is 79.1. The number of anilines is 1. The molecular weight excluding hydrogens is 464 g/mol. The molecule has 2 aromatic carbocycles. The molecule has 2 saturated heterocycles. The number of carbonyl (C=O) groups excluding carboxylic acids is 2. The molecule has 0 bridgehead atoms. The van der Waals surface area contributed by atoms with Gasteiger partial charge in [0.05, 0.1) is 17.3 Å². The molecule has 2 aliphatic rings. The third-order valence-corrected chi connectivity index (χ3v) is 6.36. The average Bonchev–Trinajstić information content (AvgIpc) is 3.01. The lowest BCUT2D eigenvalue weighted by atomic mass is 9.85. The number of likely N-dealkylation sites (tertiary alicyclic amines) is 1. The fraction of sp³-hybridized carbons (Fsp3) is 0.391. The van der Waals surface area contributed by atoms with Crippen molar-refractivity contribution in [2.75, 3.05) is 18.0 Å². The van der Waals surface area contributed by atoms with Crippen molar-refractivity contribution in [1.82, 2.24) is 10.2 Å². The normalized spacial score (nSPS) is 20.6. The molecule has 34 heavy (non-hydrogen) atoms. The highest BCUT2D eigenvalue weighted by Crippen LogP contribution is 2.40. The Balaban J connectivity index is 1.60. The maximum atomic E-state index is 13.2. The quantitative estimate of drug-likeness (QED) is 0.629. The van der Waals surface area contributed by atoms with Crippen molar-refractivity contribution in [3.8, 4) is 0 Å². The zero-order valence-electron chi connectivity index (χ0n) is 18.0. The molecule has 2 heterocycles. The Hall–Kier alpha value is -3.24. The molecule has 0 radical (unpaired) electrons. The van der Waals surface area contributed by atoms with Crippen LogP contribution in [0.1, 0.15) is 41.3 Å². The van der Waals surface area contributed by atoms with Gasteiger partial charge in [0, 0.05) is 24.3 Å². The van der Waals surface area contributed by atoms with Gasteiger partial charge in [0.15, 0.2) is 0 Å². The number of hydrogen-bond acceptors (Lipinski definition) is 3. The smallest absolute Gasteiger partial charge is 0.338 e. The molecule has 5 nitrogen and oxygen atoms in total. The van der Waals surface area contributed by atoms with Crippen LogP contribution in [0.15, 0.2) is 48.5 Å². The Morgan fingerprint density at radius 3 is 1.97 bits per heavy atom. The van der Waals surface area contributed by atoms with Gasteiger partial charge in [0.2, 0.25) is 5.91 Å². The van der Waals surface area contributed by atoms with Gasteiger partial charge in [-0.05, 0) is 50.1 Å². The monoisotopic (exact) mass is 485 g/mol. The maximum Gasteiger partial charge on any atom is 0.416 e. The van der Waals surface area contributed by atoms with Crippen LogP contribution in [-0.4, -0.2) is 41.5 Å². The molecule has 4 rings (SSSR count). The minimum Gasteiger partial charge on any atom is -0.338 e. The summed E-state index contributed by atoms with van der Waals surface area (Å²) in [7, 11) is 0. The van der Waals surface area contributed by atoms with Crippen LogP contribution in [0, 0.1) is 0 Å². The van der Waals surface area contributed by atoms with Gasteiger partial charge in [-0.2, -0.15) is 26.3 Å². The topological polar surface area (TPSA) is 52.7 Å². The Morgan fingerprint density at radius 1 is 0.941 bits per heavy atom. The highest BCUT2D eigenvalue weighted by Gasteiger charge is 2.53. The number of carbonyl (C=O) groups is 2. The summed E-state index contributed by atoms with van der Waals surface area (Å²) in [5.41, 5.74) is -3.96. The maximum absolute atomic E-state index is 13.2. The zero-order chi connectivity index (χ0) is 24.9. The van der Waals surface area contributed by atoms with E-state index < -0.39 is 40.5 Å². The molecule has 1 unspecified atom stereocenters. The van der Waals surface area contributed by atoms with Gasteiger partial charge in [0.25, 0.3) is 5.91 Å². The molecule has 2 aromatic rings. The molecule has 11 heteroatoms. The summed E-state index contributed by atoms with van der Waals surface area (Å²) in [5, 5.41) is 2.88. The van der Waals surface area contributed by atoms with Crippen LogP contribution in [0.25, 0.3) is 0 Å². The van der Waals surface area contributed by atoms with E-state index in [0.29, 0.717) is 12.1 Å². The predicted molar refractivity (Wildman–Crippen MR) is 111 cm³/mol. The minimum absolute atomic E-state index is 0.0000957.